The summed E-state index contributed by atoms with van der Waals surface area (Å²) in [6, 6.07) is 3.25. The Kier molecular flexibility index (Phi) is 4.60. The highest BCUT2D eigenvalue weighted by atomic mass is 19.1. The van der Waals surface area contributed by atoms with Gasteiger partial charge in [0.05, 0.1) is 25.4 Å². The van der Waals surface area contributed by atoms with Crippen LogP contribution in [0.15, 0.2) is 18.2 Å². The Hall–Kier alpha value is -1.70. The van der Waals surface area contributed by atoms with Gasteiger partial charge in [-0.2, -0.15) is 0 Å². The van der Waals surface area contributed by atoms with E-state index < -0.39 is 42.7 Å². The van der Waals surface area contributed by atoms with Gasteiger partial charge >= 0.3 is 5.97 Å². The Balaban J connectivity index is 2.98. The van der Waals surface area contributed by atoms with Gasteiger partial charge in [-0.05, 0) is 18.2 Å². The van der Waals surface area contributed by atoms with Gasteiger partial charge in [0.15, 0.2) is 0 Å². The maximum absolute atomic E-state index is 13.4. The number of nitrogens with one attached hydrogen (secondary N) is 1. The van der Waals surface area contributed by atoms with Gasteiger partial charge in [-0.3, -0.25) is 0 Å². The van der Waals surface area contributed by atoms with Crippen molar-refractivity contribution in [1.29, 1.82) is 0 Å². The first-order valence-electron chi connectivity index (χ1n) is 5.11. The molecule has 18 heavy (non-hydrogen) atoms. The number of anilines is 1. The van der Waals surface area contributed by atoms with Crippen LogP contribution in [0.3, 0.4) is 0 Å². The van der Waals surface area contributed by atoms with Crippen molar-refractivity contribution in [1.82, 2.24) is 0 Å². The van der Waals surface area contributed by atoms with Gasteiger partial charge in [-0.15, -0.1) is 0 Å². The van der Waals surface area contributed by atoms with Crippen molar-refractivity contribution < 1.29 is 29.6 Å². The quantitative estimate of drug-likeness (QED) is 0.478. The molecule has 1 aromatic carbocycles. The number of halogens is 1. The summed E-state index contributed by atoms with van der Waals surface area (Å²) in [4.78, 5) is 10.6. The average molecular weight is 259 g/mol. The molecule has 0 aliphatic rings. The molecule has 0 atom stereocenters. The second kappa shape index (κ2) is 5.76. The number of hydrogen-bond acceptors (Lipinski definition) is 5. The molecule has 0 fully saturated rings. The predicted molar refractivity (Wildman–Crippen MR) is 61.0 cm³/mol. The minimum Gasteiger partial charge on any atom is -0.478 e. The maximum Gasteiger partial charge on any atom is 0.338 e. The van der Waals surface area contributed by atoms with E-state index >= 15 is 0 Å². The van der Waals surface area contributed by atoms with E-state index in [0.29, 0.717) is 0 Å². The normalized spacial score (nSPS) is 11.3. The Bertz CT molecular complexity index is 425. The minimum atomic E-state index is -1.39. The Labute approximate surface area is 102 Å². The molecule has 0 bridgehead atoms. The van der Waals surface area contributed by atoms with Crippen LogP contribution in [0, 0.1) is 5.82 Å². The van der Waals surface area contributed by atoms with E-state index in [1.54, 1.807) is 0 Å². The van der Waals surface area contributed by atoms with Crippen molar-refractivity contribution in [2.24, 2.45) is 0 Å². The van der Waals surface area contributed by atoms with Crippen LogP contribution in [0.1, 0.15) is 10.4 Å². The lowest BCUT2D eigenvalue weighted by molar-refractivity contribution is 0.0691. The smallest absolute Gasteiger partial charge is 0.338 e. The summed E-state index contributed by atoms with van der Waals surface area (Å²) in [6.07, 6.45) is 0. The number of aromatic carboxylic acids is 1. The Morgan fingerprint density at radius 2 is 1.78 bits per heavy atom. The summed E-state index contributed by atoms with van der Waals surface area (Å²) in [5.74, 6) is -2.34. The highest BCUT2D eigenvalue weighted by molar-refractivity contribution is 5.88. The van der Waals surface area contributed by atoms with Crippen molar-refractivity contribution in [2.45, 2.75) is 5.54 Å². The fourth-order valence-corrected chi connectivity index (χ4v) is 1.34. The molecule has 0 amide bonds. The molecule has 0 spiro atoms. The van der Waals surface area contributed by atoms with E-state index in [9.17, 15) is 9.18 Å². The van der Waals surface area contributed by atoms with Crippen molar-refractivity contribution in [3.8, 4) is 0 Å². The molecular formula is C11H14FNO5. The summed E-state index contributed by atoms with van der Waals surface area (Å²) in [5, 5.41) is 38.5. The van der Waals surface area contributed by atoms with Gasteiger partial charge in [-0.25, -0.2) is 9.18 Å². The third-order valence-electron chi connectivity index (χ3n) is 2.52. The number of benzene rings is 1. The summed E-state index contributed by atoms with van der Waals surface area (Å²) >= 11 is 0. The molecule has 0 saturated heterocycles. The molecule has 7 heteroatoms. The number of aliphatic hydroxyl groups excluding tert-OH is 3. The highest BCUT2D eigenvalue weighted by Gasteiger charge is 2.28. The highest BCUT2D eigenvalue weighted by Crippen LogP contribution is 2.18. The maximum atomic E-state index is 13.4. The molecule has 0 radical (unpaired) electrons. The van der Waals surface area contributed by atoms with E-state index in [1.807, 2.05) is 0 Å². The zero-order valence-electron chi connectivity index (χ0n) is 9.43. The van der Waals surface area contributed by atoms with Gasteiger partial charge in [0, 0.05) is 5.69 Å². The van der Waals surface area contributed by atoms with Crippen molar-refractivity contribution >= 4 is 11.7 Å². The number of aliphatic hydroxyl groups is 3. The standard InChI is InChI=1S/C11H14FNO5/c12-9-3-7(1-2-8(9)10(17)18)13-11(4-14,5-15)6-16/h1-3,13-16H,4-6H2,(H,17,18). The van der Waals surface area contributed by atoms with Crippen LogP contribution >= 0.6 is 0 Å². The minimum absolute atomic E-state index is 0.148. The largest absolute Gasteiger partial charge is 0.478 e. The lowest BCUT2D eigenvalue weighted by Gasteiger charge is -2.29. The van der Waals surface area contributed by atoms with Crippen LogP contribution in [0.2, 0.25) is 0 Å². The predicted octanol–water partition coefficient (Wildman–Crippen LogP) is -0.349. The SMILES string of the molecule is O=C(O)c1ccc(NC(CO)(CO)CO)cc1F. The molecule has 0 aliphatic carbocycles. The fourth-order valence-electron chi connectivity index (χ4n) is 1.34. The Morgan fingerprint density at radius 3 is 2.17 bits per heavy atom. The van der Waals surface area contributed by atoms with E-state index in [1.165, 1.54) is 6.07 Å². The molecule has 6 nitrogen and oxygen atoms in total. The number of rotatable bonds is 6. The van der Waals surface area contributed by atoms with Gasteiger partial charge in [0.2, 0.25) is 0 Å². The molecule has 0 aromatic heterocycles. The fraction of sp³-hybridized carbons (Fsp3) is 0.364. The lowest BCUT2D eigenvalue weighted by atomic mass is 10.0. The molecule has 1 aromatic rings. The second-order valence-corrected chi connectivity index (χ2v) is 3.88. The summed E-state index contributed by atoms with van der Waals surface area (Å²) in [6.45, 7) is -1.70. The third-order valence-corrected chi connectivity index (χ3v) is 2.52. The number of hydrogen-bond donors (Lipinski definition) is 5. The van der Waals surface area contributed by atoms with Gasteiger partial charge in [0.1, 0.15) is 11.4 Å². The van der Waals surface area contributed by atoms with E-state index in [2.05, 4.69) is 5.32 Å². The first-order chi connectivity index (χ1) is 8.48. The topological polar surface area (TPSA) is 110 Å². The Morgan fingerprint density at radius 1 is 1.22 bits per heavy atom. The van der Waals surface area contributed by atoms with Gasteiger partial charge < -0.3 is 25.7 Å². The molecule has 0 aliphatic heterocycles. The number of carbonyl (C=O) groups is 1. The van der Waals surface area contributed by atoms with Crippen LogP contribution in [0.5, 0.6) is 0 Å². The van der Waals surface area contributed by atoms with Crippen molar-refractivity contribution in [3.05, 3.63) is 29.6 Å². The van der Waals surface area contributed by atoms with Crippen LogP contribution in [-0.4, -0.2) is 51.8 Å². The molecule has 0 unspecified atom stereocenters. The monoisotopic (exact) mass is 259 g/mol. The van der Waals surface area contributed by atoms with Crippen LogP contribution in [0.25, 0.3) is 0 Å². The second-order valence-electron chi connectivity index (χ2n) is 3.88. The molecule has 100 valence electrons. The summed E-state index contributed by atoms with van der Waals surface area (Å²) in [7, 11) is 0. The molecule has 0 heterocycles. The first-order valence-corrected chi connectivity index (χ1v) is 5.11. The number of carboxylic acid groups (broad SMARTS) is 1. The van der Waals surface area contributed by atoms with Gasteiger partial charge in [0.25, 0.3) is 0 Å². The van der Waals surface area contributed by atoms with Crippen molar-refractivity contribution in [3.63, 3.8) is 0 Å². The summed E-state index contributed by atoms with van der Waals surface area (Å²) in [5.41, 5.74) is -1.73. The van der Waals surface area contributed by atoms with Crippen LogP contribution in [0.4, 0.5) is 10.1 Å². The van der Waals surface area contributed by atoms with Crippen molar-refractivity contribution in [2.75, 3.05) is 25.1 Å². The molecule has 1 rings (SSSR count). The number of carboxylic acids is 1. The molecule has 5 N–H and O–H groups in total. The van der Waals surface area contributed by atoms with E-state index in [4.69, 9.17) is 20.4 Å². The lowest BCUT2D eigenvalue weighted by Crippen LogP contribution is -2.49. The third kappa shape index (κ3) is 2.95. The van der Waals surface area contributed by atoms with Crippen LogP contribution < -0.4 is 5.32 Å². The molecular weight excluding hydrogens is 245 g/mol. The zero-order valence-corrected chi connectivity index (χ0v) is 9.43. The van der Waals surface area contributed by atoms with Crippen LogP contribution in [-0.2, 0) is 0 Å². The van der Waals surface area contributed by atoms with E-state index in [-0.39, 0.29) is 5.69 Å². The average Bonchev–Trinajstić information content (AvgIpc) is 2.36. The summed E-state index contributed by atoms with van der Waals surface area (Å²) < 4.78 is 13.4. The van der Waals surface area contributed by atoms with Gasteiger partial charge in [-0.1, -0.05) is 0 Å². The molecule has 0 saturated carbocycles. The van der Waals surface area contributed by atoms with E-state index in [0.717, 1.165) is 12.1 Å². The zero-order chi connectivity index (χ0) is 13.8. The first kappa shape index (κ1) is 14.4.